The molecule has 0 N–H and O–H groups in total. The number of anilines is 1. The van der Waals surface area contributed by atoms with Crippen LogP contribution in [0, 0.1) is 0 Å². The summed E-state index contributed by atoms with van der Waals surface area (Å²) in [5, 5.41) is 2.21. The molecule has 0 unspecified atom stereocenters. The van der Waals surface area contributed by atoms with Crippen LogP contribution < -0.4 is 4.90 Å². The Morgan fingerprint density at radius 2 is 1.54 bits per heavy atom. The second-order valence-corrected chi connectivity index (χ2v) is 8.58. The van der Waals surface area contributed by atoms with Gasteiger partial charge in [-0.2, -0.15) is 0 Å². The zero-order chi connectivity index (χ0) is 17.3. The Morgan fingerprint density at radius 1 is 0.769 bits per heavy atom. The lowest BCUT2D eigenvalue weighted by Crippen LogP contribution is -2.29. The molecule has 2 aromatic carbocycles. The van der Waals surface area contributed by atoms with Crippen LogP contribution in [0.3, 0.4) is 0 Å². The van der Waals surface area contributed by atoms with Gasteiger partial charge in [0.15, 0.2) is 5.13 Å². The fraction of sp³-hybridized carbons (Fsp3) is 0.238. The van der Waals surface area contributed by atoms with Crippen molar-refractivity contribution in [3.8, 4) is 21.1 Å². The monoisotopic (exact) mass is 377 g/mol. The van der Waals surface area contributed by atoms with Crippen LogP contribution in [0.2, 0.25) is 0 Å². The van der Waals surface area contributed by atoms with Crippen molar-refractivity contribution in [3.63, 3.8) is 0 Å². The summed E-state index contributed by atoms with van der Waals surface area (Å²) in [6.45, 7) is 2.22. The minimum atomic E-state index is 1.07. The average Bonchev–Trinajstić information content (AvgIpc) is 3.33. The van der Waals surface area contributed by atoms with E-state index in [2.05, 4.69) is 59.5 Å². The molecular weight excluding hydrogens is 358 g/mol. The molecule has 5 heteroatoms. The van der Waals surface area contributed by atoms with Gasteiger partial charge in [0.05, 0.1) is 20.8 Å². The number of rotatable bonds is 3. The van der Waals surface area contributed by atoms with Crippen LogP contribution in [0.4, 0.5) is 5.13 Å². The molecule has 2 aromatic heterocycles. The molecule has 1 aliphatic heterocycles. The summed E-state index contributed by atoms with van der Waals surface area (Å²) < 4.78 is 1.23. The quantitative estimate of drug-likeness (QED) is 0.433. The van der Waals surface area contributed by atoms with Crippen molar-refractivity contribution in [2.45, 2.75) is 19.3 Å². The highest BCUT2D eigenvalue weighted by molar-refractivity contribution is 7.27. The molecule has 0 bridgehead atoms. The molecule has 4 aromatic rings. The number of aromatic nitrogens is 2. The van der Waals surface area contributed by atoms with Gasteiger partial charge in [-0.15, -0.1) is 11.3 Å². The normalized spacial score (nSPS) is 14.8. The van der Waals surface area contributed by atoms with E-state index in [0.717, 1.165) is 34.4 Å². The van der Waals surface area contributed by atoms with E-state index in [0.29, 0.717) is 0 Å². The molecule has 5 rings (SSSR count). The Labute approximate surface area is 161 Å². The lowest BCUT2D eigenvalue weighted by molar-refractivity contribution is 0.577. The van der Waals surface area contributed by atoms with Crippen LogP contribution in [-0.4, -0.2) is 23.1 Å². The Kier molecular flexibility index (Phi) is 4.19. The lowest BCUT2D eigenvalue weighted by atomic mass is 10.1. The standard InChI is InChI=1S/C21H19N3S2/c1-3-9-15(10-4-1)18-19(20-22-16-11-5-6-12-17(16)25-20)26-21(23-18)24-13-7-2-8-14-24/h1,3-6,9-12H,2,7-8,13-14H2. The van der Waals surface area contributed by atoms with Crippen LogP contribution in [0.15, 0.2) is 54.6 Å². The Hall–Kier alpha value is -2.24. The number of fused-ring (bicyclic) bond motifs is 1. The second-order valence-electron chi connectivity index (χ2n) is 6.57. The summed E-state index contributed by atoms with van der Waals surface area (Å²) in [6, 6.07) is 18.9. The summed E-state index contributed by atoms with van der Waals surface area (Å²) in [4.78, 5) is 13.6. The highest BCUT2D eigenvalue weighted by Gasteiger charge is 2.22. The zero-order valence-electron chi connectivity index (χ0n) is 14.4. The summed E-state index contributed by atoms with van der Waals surface area (Å²) in [7, 11) is 0. The molecule has 3 nitrogen and oxygen atoms in total. The Bertz CT molecular complexity index is 997. The van der Waals surface area contributed by atoms with Crippen LogP contribution in [0.1, 0.15) is 19.3 Å². The first-order chi connectivity index (χ1) is 12.9. The molecule has 0 atom stereocenters. The topological polar surface area (TPSA) is 29.0 Å². The summed E-state index contributed by atoms with van der Waals surface area (Å²) in [5.74, 6) is 0. The van der Waals surface area contributed by atoms with Crippen LogP contribution >= 0.6 is 22.7 Å². The van der Waals surface area contributed by atoms with E-state index >= 15 is 0 Å². The minimum Gasteiger partial charge on any atom is -0.348 e. The van der Waals surface area contributed by atoms with Gasteiger partial charge in [-0.25, -0.2) is 9.97 Å². The summed E-state index contributed by atoms with van der Waals surface area (Å²) >= 11 is 3.55. The van der Waals surface area contributed by atoms with Gasteiger partial charge < -0.3 is 4.90 Å². The number of nitrogens with zero attached hydrogens (tertiary/aromatic N) is 3. The summed E-state index contributed by atoms with van der Waals surface area (Å²) in [5.41, 5.74) is 3.30. The largest absolute Gasteiger partial charge is 0.348 e. The fourth-order valence-corrected chi connectivity index (χ4v) is 5.62. The van der Waals surface area contributed by atoms with E-state index in [9.17, 15) is 0 Å². The molecule has 1 aliphatic rings. The second kappa shape index (κ2) is 6.82. The van der Waals surface area contributed by atoms with Gasteiger partial charge >= 0.3 is 0 Å². The smallest absolute Gasteiger partial charge is 0.186 e. The molecule has 0 amide bonds. The molecule has 0 aliphatic carbocycles. The van der Waals surface area contributed by atoms with Gasteiger partial charge in [-0.1, -0.05) is 53.8 Å². The predicted molar refractivity (Wildman–Crippen MR) is 112 cm³/mol. The average molecular weight is 378 g/mol. The molecule has 0 saturated carbocycles. The SMILES string of the molecule is c1ccc(-c2nc(N3CCCCC3)sc2-c2nc3ccccc3s2)cc1. The van der Waals surface area contributed by atoms with Crippen LogP contribution in [0.25, 0.3) is 31.4 Å². The van der Waals surface area contributed by atoms with Gasteiger partial charge in [0.2, 0.25) is 0 Å². The highest BCUT2D eigenvalue weighted by Crippen LogP contribution is 2.43. The number of thiazole rings is 2. The third-order valence-corrected chi connectivity index (χ3v) is 7.08. The lowest BCUT2D eigenvalue weighted by Gasteiger charge is -2.25. The van der Waals surface area contributed by atoms with Gasteiger partial charge in [0.25, 0.3) is 0 Å². The first-order valence-electron chi connectivity index (χ1n) is 9.06. The van der Waals surface area contributed by atoms with E-state index in [4.69, 9.17) is 9.97 Å². The number of benzene rings is 2. The van der Waals surface area contributed by atoms with E-state index < -0.39 is 0 Å². The Balaban J connectivity index is 1.65. The number of hydrogen-bond acceptors (Lipinski definition) is 5. The molecule has 130 valence electrons. The number of piperidine rings is 1. The predicted octanol–water partition coefficient (Wildman–Crippen LogP) is 6.08. The molecule has 1 fully saturated rings. The van der Waals surface area contributed by atoms with Gasteiger partial charge in [-0.05, 0) is 31.4 Å². The number of para-hydroxylation sites is 1. The highest BCUT2D eigenvalue weighted by atomic mass is 32.1. The maximum Gasteiger partial charge on any atom is 0.186 e. The maximum absolute atomic E-state index is 5.06. The fourth-order valence-electron chi connectivity index (χ4n) is 3.44. The summed E-state index contributed by atoms with van der Waals surface area (Å²) in [6.07, 6.45) is 3.85. The van der Waals surface area contributed by atoms with E-state index in [-0.39, 0.29) is 0 Å². The first-order valence-corrected chi connectivity index (χ1v) is 10.7. The van der Waals surface area contributed by atoms with Crippen LogP contribution in [-0.2, 0) is 0 Å². The third-order valence-electron chi connectivity index (χ3n) is 4.78. The maximum atomic E-state index is 5.06. The van der Waals surface area contributed by atoms with Crippen molar-refractivity contribution >= 4 is 38.0 Å². The molecule has 0 spiro atoms. The zero-order valence-corrected chi connectivity index (χ0v) is 16.0. The first kappa shape index (κ1) is 16.0. The molecule has 1 saturated heterocycles. The van der Waals surface area contributed by atoms with Crippen molar-refractivity contribution in [3.05, 3.63) is 54.6 Å². The minimum absolute atomic E-state index is 1.07. The third kappa shape index (κ3) is 2.91. The number of hydrogen-bond donors (Lipinski definition) is 0. The van der Waals surface area contributed by atoms with E-state index in [1.807, 2.05) is 0 Å². The molecule has 3 heterocycles. The van der Waals surface area contributed by atoms with Crippen molar-refractivity contribution in [1.29, 1.82) is 0 Å². The van der Waals surface area contributed by atoms with Crippen molar-refractivity contribution < 1.29 is 0 Å². The Morgan fingerprint density at radius 3 is 2.35 bits per heavy atom. The van der Waals surface area contributed by atoms with E-state index in [1.165, 1.54) is 34.4 Å². The van der Waals surface area contributed by atoms with Gasteiger partial charge in [0, 0.05) is 18.7 Å². The van der Waals surface area contributed by atoms with Crippen molar-refractivity contribution in [1.82, 2.24) is 9.97 Å². The van der Waals surface area contributed by atoms with Crippen molar-refractivity contribution in [2.24, 2.45) is 0 Å². The van der Waals surface area contributed by atoms with Gasteiger partial charge in [-0.3, -0.25) is 0 Å². The molecular formula is C21H19N3S2. The van der Waals surface area contributed by atoms with Gasteiger partial charge in [0.1, 0.15) is 5.01 Å². The van der Waals surface area contributed by atoms with Crippen LogP contribution in [0.5, 0.6) is 0 Å². The molecule has 26 heavy (non-hydrogen) atoms. The van der Waals surface area contributed by atoms with Crippen molar-refractivity contribution in [2.75, 3.05) is 18.0 Å². The van der Waals surface area contributed by atoms with E-state index in [1.54, 1.807) is 22.7 Å². The molecule has 0 radical (unpaired) electrons.